The van der Waals surface area contributed by atoms with E-state index in [0.29, 0.717) is 18.1 Å². The summed E-state index contributed by atoms with van der Waals surface area (Å²) in [7, 11) is 0. The van der Waals surface area contributed by atoms with Crippen LogP contribution in [0.25, 0.3) is 11.5 Å². The van der Waals surface area contributed by atoms with Crippen LogP contribution in [-0.4, -0.2) is 28.8 Å². The summed E-state index contributed by atoms with van der Waals surface area (Å²) < 4.78 is 5.96. The van der Waals surface area contributed by atoms with Gasteiger partial charge in [-0.1, -0.05) is 42.8 Å². The average molecular weight is 465 g/mol. The first-order valence-electron chi connectivity index (χ1n) is 12.1. The smallest absolute Gasteiger partial charge is 0.226 e. The summed E-state index contributed by atoms with van der Waals surface area (Å²) in [5.74, 6) is 2.18. The molecule has 0 unspecified atom stereocenters. The molecule has 174 valence electrons. The van der Waals surface area contributed by atoms with E-state index in [-0.39, 0.29) is 5.92 Å². The molecule has 0 radical (unpaired) electrons. The minimum Gasteiger partial charge on any atom is -0.441 e. The van der Waals surface area contributed by atoms with E-state index in [1.54, 1.807) is 0 Å². The largest absolute Gasteiger partial charge is 0.441 e. The predicted octanol–water partition coefficient (Wildman–Crippen LogP) is 6.67. The first-order valence-corrected chi connectivity index (χ1v) is 12.4. The summed E-state index contributed by atoms with van der Waals surface area (Å²) in [5, 5.41) is 0.754. The van der Waals surface area contributed by atoms with Crippen LogP contribution in [0, 0.1) is 12.8 Å². The Labute approximate surface area is 202 Å². The maximum absolute atomic E-state index is 12.7. The number of benzene rings is 2. The van der Waals surface area contributed by atoms with Gasteiger partial charge in [-0.3, -0.25) is 9.69 Å². The Hall–Kier alpha value is -2.43. The molecule has 0 bridgehead atoms. The van der Waals surface area contributed by atoms with E-state index >= 15 is 0 Å². The Morgan fingerprint density at radius 1 is 1.06 bits per heavy atom. The van der Waals surface area contributed by atoms with Crippen molar-refractivity contribution in [2.24, 2.45) is 5.92 Å². The molecule has 5 heteroatoms. The molecule has 0 saturated carbocycles. The van der Waals surface area contributed by atoms with E-state index in [2.05, 4.69) is 36.1 Å². The molecule has 1 fully saturated rings. The summed E-state index contributed by atoms with van der Waals surface area (Å²) in [6.07, 6.45) is 5.38. The minimum absolute atomic E-state index is 0.192. The van der Waals surface area contributed by atoms with Gasteiger partial charge in [0.1, 0.15) is 11.5 Å². The van der Waals surface area contributed by atoms with Crippen LogP contribution < -0.4 is 0 Å². The lowest BCUT2D eigenvalue weighted by Crippen LogP contribution is -2.36. The zero-order valence-corrected chi connectivity index (χ0v) is 20.4. The number of carbonyl (C=O) groups is 1. The highest BCUT2D eigenvalue weighted by Crippen LogP contribution is 2.26. The number of nitrogens with zero attached hydrogens (tertiary/aromatic N) is 2. The van der Waals surface area contributed by atoms with Crippen molar-refractivity contribution in [3.05, 3.63) is 76.1 Å². The molecule has 1 aromatic heterocycles. The topological polar surface area (TPSA) is 46.3 Å². The van der Waals surface area contributed by atoms with E-state index in [9.17, 15) is 4.79 Å². The Morgan fingerprint density at radius 3 is 2.39 bits per heavy atom. The van der Waals surface area contributed by atoms with Gasteiger partial charge in [0, 0.05) is 29.5 Å². The zero-order chi connectivity index (χ0) is 23.2. The molecule has 0 N–H and O–H groups in total. The first-order chi connectivity index (χ1) is 16.0. The van der Waals surface area contributed by atoms with Crippen LogP contribution in [0.2, 0.25) is 5.02 Å². The monoisotopic (exact) mass is 464 g/mol. The molecule has 0 aliphatic carbocycles. The Morgan fingerprint density at radius 2 is 1.73 bits per heavy atom. The van der Waals surface area contributed by atoms with Gasteiger partial charge < -0.3 is 4.42 Å². The highest BCUT2D eigenvalue weighted by molar-refractivity contribution is 6.30. The number of aryl methyl sites for hydroxylation is 3. The molecule has 1 aliphatic heterocycles. The van der Waals surface area contributed by atoms with E-state index < -0.39 is 0 Å². The molecule has 0 spiro atoms. The second-order valence-electron chi connectivity index (χ2n) is 9.07. The fraction of sp³-hybridized carbons (Fsp3) is 0.429. The lowest BCUT2D eigenvalue weighted by molar-refractivity contribution is -0.124. The van der Waals surface area contributed by atoms with Crippen molar-refractivity contribution in [2.45, 2.75) is 58.9 Å². The third kappa shape index (κ3) is 6.33. The first kappa shape index (κ1) is 23.7. The third-order valence-electron chi connectivity index (χ3n) is 6.72. The lowest BCUT2D eigenvalue weighted by Gasteiger charge is -2.30. The van der Waals surface area contributed by atoms with Gasteiger partial charge in [0.15, 0.2) is 0 Å². The van der Waals surface area contributed by atoms with E-state index in [1.807, 2.05) is 31.2 Å². The van der Waals surface area contributed by atoms with E-state index in [4.69, 9.17) is 21.0 Å². The van der Waals surface area contributed by atoms with Crippen LogP contribution in [0.4, 0.5) is 0 Å². The molecule has 4 nitrogen and oxygen atoms in total. The number of piperidine rings is 1. The Balaban J connectivity index is 1.24. The molecule has 2 aromatic carbocycles. The molecular formula is C28H33ClN2O2. The molecular weight excluding hydrogens is 432 g/mol. The van der Waals surface area contributed by atoms with Crippen LogP contribution in [0.15, 0.2) is 52.9 Å². The zero-order valence-electron chi connectivity index (χ0n) is 19.6. The van der Waals surface area contributed by atoms with Crippen molar-refractivity contribution >= 4 is 17.4 Å². The molecule has 4 rings (SSSR count). The maximum atomic E-state index is 12.7. The highest BCUT2D eigenvalue weighted by atomic mass is 35.5. The van der Waals surface area contributed by atoms with Crippen molar-refractivity contribution in [3.8, 4) is 11.5 Å². The van der Waals surface area contributed by atoms with Crippen LogP contribution in [0.3, 0.4) is 0 Å². The van der Waals surface area contributed by atoms with Gasteiger partial charge in [0.2, 0.25) is 5.89 Å². The van der Waals surface area contributed by atoms with Crippen LogP contribution in [-0.2, 0) is 24.2 Å². The fourth-order valence-electron chi connectivity index (χ4n) is 4.53. The van der Waals surface area contributed by atoms with Gasteiger partial charge in [-0.15, -0.1) is 0 Å². The number of aromatic nitrogens is 1. The van der Waals surface area contributed by atoms with Gasteiger partial charge in [-0.2, -0.15) is 0 Å². The third-order valence-corrected chi connectivity index (χ3v) is 6.97. The molecule has 0 atom stereocenters. The summed E-state index contributed by atoms with van der Waals surface area (Å²) in [6.45, 7) is 6.78. The number of oxazole rings is 1. The summed E-state index contributed by atoms with van der Waals surface area (Å²) in [6, 6.07) is 16.3. The Kier molecular flexibility index (Phi) is 8.00. The van der Waals surface area contributed by atoms with E-state index in [1.165, 1.54) is 11.1 Å². The van der Waals surface area contributed by atoms with Gasteiger partial charge in [-0.25, -0.2) is 4.98 Å². The van der Waals surface area contributed by atoms with E-state index in [0.717, 1.165) is 73.8 Å². The predicted molar refractivity (Wildman–Crippen MR) is 133 cm³/mol. The van der Waals surface area contributed by atoms with Gasteiger partial charge in [-0.05, 0) is 87.5 Å². The summed E-state index contributed by atoms with van der Waals surface area (Å²) in [5.41, 5.74) is 4.57. The number of ketones is 1. The molecule has 1 aliphatic rings. The second kappa shape index (κ2) is 11.1. The summed E-state index contributed by atoms with van der Waals surface area (Å²) >= 11 is 5.94. The standard InChI is InChI=1S/C28H33ClN2O2/c1-3-21-7-11-24(12-8-21)28-30-26(20(2)33-28)19-31-17-15-23(16-18-31)27(32)6-4-5-22-9-13-25(29)14-10-22/h7-14,23H,3-6,15-19H2,1-2H3. The number of rotatable bonds is 9. The van der Waals surface area contributed by atoms with Crippen LogP contribution >= 0.6 is 11.6 Å². The van der Waals surface area contributed by atoms with Gasteiger partial charge >= 0.3 is 0 Å². The minimum atomic E-state index is 0.192. The van der Waals surface area contributed by atoms with Crippen molar-refractivity contribution in [1.29, 1.82) is 0 Å². The van der Waals surface area contributed by atoms with Crippen molar-refractivity contribution < 1.29 is 9.21 Å². The fourth-order valence-corrected chi connectivity index (χ4v) is 4.65. The highest BCUT2D eigenvalue weighted by Gasteiger charge is 2.25. The van der Waals surface area contributed by atoms with Crippen molar-refractivity contribution in [1.82, 2.24) is 9.88 Å². The Bertz CT molecular complexity index is 1050. The number of halogens is 1. The average Bonchev–Trinajstić information content (AvgIpc) is 3.20. The quantitative estimate of drug-likeness (QED) is 0.354. The second-order valence-corrected chi connectivity index (χ2v) is 9.51. The van der Waals surface area contributed by atoms with Crippen molar-refractivity contribution in [3.63, 3.8) is 0 Å². The van der Waals surface area contributed by atoms with Crippen molar-refractivity contribution in [2.75, 3.05) is 13.1 Å². The van der Waals surface area contributed by atoms with Crippen LogP contribution in [0.1, 0.15) is 55.2 Å². The molecule has 2 heterocycles. The molecule has 1 saturated heterocycles. The molecule has 0 amide bonds. The maximum Gasteiger partial charge on any atom is 0.226 e. The number of Topliss-reactive ketones (excluding diaryl/α,β-unsaturated/α-hetero) is 1. The molecule has 3 aromatic rings. The summed E-state index contributed by atoms with van der Waals surface area (Å²) in [4.78, 5) is 19.9. The number of hydrogen-bond donors (Lipinski definition) is 0. The number of hydrogen-bond acceptors (Lipinski definition) is 4. The number of carbonyl (C=O) groups excluding carboxylic acids is 1. The normalized spacial score (nSPS) is 15.1. The SMILES string of the molecule is CCc1ccc(-c2nc(CN3CCC(C(=O)CCCc4ccc(Cl)cc4)CC3)c(C)o2)cc1. The lowest BCUT2D eigenvalue weighted by atomic mass is 9.89. The molecule has 33 heavy (non-hydrogen) atoms. The van der Waals surface area contributed by atoms with Gasteiger partial charge in [0.25, 0.3) is 0 Å². The van der Waals surface area contributed by atoms with Crippen LogP contribution in [0.5, 0.6) is 0 Å². The van der Waals surface area contributed by atoms with Gasteiger partial charge in [0.05, 0.1) is 5.69 Å². The number of likely N-dealkylation sites (tertiary alicyclic amines) is 1.